The van der Waals surface area contributed by atoms with E-state index in [0.29, 0.717) is 28.9 Å². The minimum atomic E-state index is -0.799. The standard InChI is InChI=1S/C28H24ClFN2O3/c1-35-21-11-9-17(10-12-21)19-14-23-27(25(33)15-19)28(18-5-4-6-20(30)13-18)32(26(34)16-29)24-8-3-2-7-22(24)31-23/h2-13,19,28,31H,14-16H2,1H3/t19-,28+/m1/s1. The van der Waals surface area contributed by atoms with Gasteiger partial charge in [-0.1, -0.05) is 36.4 Å². The van der Waals surface area contributed by atoms with E-state index in [1.165, 1.54) is 17.0 Å². The molecular weight excluding hydrogens is 467 g/mol. The van der Waals surface area contributed by atoms with Crippen LogP contribution in [0.5, 0.6) is 5.75 Å². The summed E-state index contributed by atoms with van der Waals surface area (Å²) >= 11 is 6.03. The monoisotopic (exact) mass is 490 g/mol. The van der Waals surface area contributed by atoms with Crippen LogP contribution >= 0.6 is 11.6 Å². The second kappa shape index (κ2) is 9.55. The number of Topliss-reactive ketones (excluding diaryl/α,β-unsaturated/α-hetero) is 1. The van der Waals surface area contributed by atoms with Gasteiger partial charge in [0.1, 0.15) is 17.4 Å². The summed E-state index contributed by atoms with van der Waals surface area (Å²) in [6, 6.07) is 20.3. The fraction of sp³-hybridized carbons (Fsp3) is 0.214. The lowest BCUT2D eigenvalue weighted by Crippen LogP contribution is -2.39. The molecule has 2 atom stereocenters. The number of amides is 1. The first-order valence-electron chi connectivity index (χ1n) is 11.4. The molecule has 0 spiro atoms. The van der Waals surface area contributed by atoms with Crippen molar-refractivity contribution in [2.24, 2.45) is 0 Å². The Hall–Kier alpha value is -3.64. The minimum Gasteiger partial charge on any atom is -0.497 e. The fourth-order valence-electron chi connectivity index (χ4n) is 5.03. The molecule has 0 saturated carbocycles. The molecule has 0 bridgehead atoms. The molecule has 178 valence electrons. The number of benzene rings is 3. The Morgan fingerprint density at radius 2 is 1.83 bits per heavy atom. The van der Waals surface area contributed by atoms with Gasteiger partial charge in [-0.25, -0.2) is 4.39 Å². The zero-order valence-electron chi connectivity index (χ0n) is 19.1. The number of fused-ring (bicyclic) bond motifs is 1. The third-order valence-corrected chi connectivity index (χ3v) is 6.85. The Kier molecular flexibility index (Phi) is 6.31. The van der Waals surface area contributed by atoms with E-state index >= 15 is 0 Å². The predicted molar refractivity (Wildman–Crippen MR) is 134 cm³/mol. The van der Waals surface area contributed by atoms with Gasteiger partial charge in [-0.3, -0.25) is 14.5 Å². The van der Waals surface area contributed by atoms with Crippen LogP contribution in [-0.4, -0.2) is 24.7 Å². The first-order valence-corrected chi connectivity index (χ1v) is 11.9. The second-order valence-corrected chi connectivity index (χ2v) is 8.96. The molecule has 0 saturated heterocycles. The highest BCUT2D eigenvalue weighted by Gasteiger charge is 2.41. The van der Waals surface area contributed by atoms with Crippen molar-refractivity contribution < 1.29 is 18.7 Å². The van der Waals surface area contributed by atoms with Crippen LogP contribution < -0.4 is 15.0 Å². The van der Waals surface area contributed by atoms with Crippen LogP contribution in [0, 0.1) is 5.82 Å². The van der Waals surface area contributed by atoms with E-state index in [2.05, 4.69) is 5.32 Å². The number of halogens is 2. The third kappa shape index (κ3) is 4.30. The highest BCUT2D eigenvalue weighted by molar-refractivity contribution is 6.30. The number of para-hydroxylation sites is 2. The van der Waals surface area contributed by atoms with Crippen molar-refractivity contribution in [1.29, 1.82) is 0 Å². The Bertz CT molecular complexity index is 1320. The summed E-state index contributed by atoms with van der Waals surface area (Å²) in [5, 5.41) is 3.44. The highest BCUT2D eigenvalue weighted by atomic mass is 35.5. The predicted octanol–water partition coefficient (Wildman–Crippen LogP) is 5.97. The molecule has 1 aliphatic carbocycles. The Morgan fingerprint density at radius 3 is 2.54 bits per heavy atom. The fourth-order valence-corrected chi connectivity index (χ4v) is 5.16. The molecule has 5 rings (SSSR count). The lowest BCUT2D eigenvalue weighted by Gasteiger charge is -2.35. The number of hydrogen-bond donors (Lipinski definition) is 1. The molecule has 0 aromatic heterocycles. The largest absolute Gasteiger partial charge is 0.497 e. The van der Waals surface area contributed by atoms with Gasteiger partial charge in [0, 0.05) is 17.7 Å². The van der Waals surface area contributed by atoms with Crippen molar-refractivity contribution in [3.05, 3.63) is 101 Å². The van der Waals surface area contributed by atoms with Gasteiger partial charge in [0.2, 0.25) is 5.91 Å². The van der Waals surface area contributed by atoms with Gasteiger partial charge >= 0.3 is 0 Å². The number of anilines is 2. The van der Waals surface area contributed by atoms with E-state index < -0.39 is 11.9 Å². The molecule has 7 heteroatoms. The molecular formula is C28H24ClFN2O3. The van der Waals surface area contributed by atoms with Gasteiger partial charge < -0.3 is 10.1 Å². The summed E-state index contributed by atoms with van der Waals surface area (Å²) < 4.78 is 19.6. The van der Waals surface area contributed by atoms with Crippen LogP contribution in [0.15, 0.2) is 84.1 Å². The molecule has 0 fully saturated rings. The van der Waals surface area contributed by atoms with Gasteiger partial charge in [0.15, 0.2) is 5.78 Å². The van der Waals surface area contributed by atoms with Crippen molar-refractivity contribution in [2.45, 2.75) is 24.8 Å². The number of ether oxygens (including phenoxy) is 1. The summed E-state index contributed by atoms with van der Waals surface area (Å²) in [5.74, 6) is -0.462. The van der Waals surface area contributed by atoms with Crippen molar-refractivity contribution in [1.82, 2.24) is 0 Å². The van der Waals surface area contributed by atoms with Crippen LogP contribution in [0.3, 0.4) is 0 Å². The number of alkyl halides is 1. The normalized spacial score (nSPS) is 19.4. The van der Waals surface area contributed by atoms with Crippen molar-refractivity contribution >= 4 is 34.7 Å². The number of nitrogens with zero attached hydrogens (tertiary/aromatic N) is 1. The van der Waals surface area contributed by atoms with Gasteiger partial charge in [-0.05, 0) is 59.9 Å². The topological polar surface area (TPSA) is 58.6 Å². The number of carbonyl (C=O) groups excluding carboxylic acids is 2. The van der Waals surface area contributed by atoms with Gasteiger partial charge in [-0.2, -0.15) is 0 Å². The van der Waals surface area contributed by atoms with E-state index in [4.69, 9.17) is 16.3 Å². The number of hydrogen-bond acceptors (Lipinski definition) is 4. The molecule has 35 heavy (non-hydrogen) atoms. The molecule has 0 radical (unpaired) electrons. The highest BCUT2D eigenvalue weighted by Crippen LogP contribution is 2.47. The summed E-state index contributed by atoms with van der Waals surface area (Å²) in [6.07, 6.45) is 0.842. The average Bonchev–Trinajstić information content (AvgIpc) is 3.03. The van der Waals surface area contributed by atoms with E-state index in [1.54, 1.807) is 19.2 Å². The van der Waals surface area contributed by atoms with Crippen molar-refractivity contribution in [3.63, 3.8) is 0 Å². The summed E-state index contributed by atoms with van der Waals surface area (Å²) in [5.41, 5.74) is 4.03. The number of methoxy groups -OCH3 is 1. The Labute approximate surface area is 208 Å². The van der Waals surface area contributed by atoms with Crippen molar-refractivity contribution in [2.75, 3.05) is 23.2 Å². The number of rotatable bonds is 4. The SMILES string of the molecule is COc1ccc([C@H]2CC(=O)C3=C(C2)Nc2ccccc2N(C(=O)CCl)[C@H]3c2cccc(F)c2)cc1. The lowest BCUT2D eigenvalue weighted by molar-refractivity contribution is -0.117. The minimum absolute atomic E-state index is 0.0461. The maximum atomic E-state index is 14.3. The Balaban J connectivity index is 1.68. The molecule has 0 unspecified atom stereocenters. The number of carbonyl (C=O) groups is 2. The average molecular weight is 491 g/mol. The molecule has 5 nitrogen and oxygen atoms in total. The molecule has 3 aromatic carbocycles. The van der Waals surface area contributed by atoms with Crippen molar-refractivity contribution in [3.8, 4) is 5.75 Å². The number of allylic oxidation sites excluding steroid dienone is 1. The zero-order valence-corrected chi connectivity index (χ0v) is 19.9. The number of ketones is 1. The summed E-state index contributed by atoms with van der Waals surface area (Å²) in [7, 11) is 1.61. The zero-order chi connectivity index (χ0) is 24.5. The van der Waals surface area contributed by atoms with Gasteiger partial charge in [-0.15, -0.1) is 11.6 Å². The molecule has 2 aliphatic rings. The third-order valence-electron chi connectivity index (χ3n) is 6.62. The molecule has 1 aliphatic heterocycles. The molecule has 1 amide bonds. The molecule has 3 aromatic rings. The van der Waals surface area contributed by atoms with E-state index in [9.17, 15) is 14.0 Å². The first-order chi connectivity index (χ1) is 17.0. The van der Waals surface area contributed by atoms with Gasteiger partial charge in [0.05, 0.1) is 24.5 Å². The Morgan fingerprint density at radius 1 is 1.06 bits per heavy atom. The second-order valence-electron chi connectivity index (χ2n) is 8.69. The summed E-state index contributed by atoms with van der Waals surface area (Å²) in [6.45, 7) is 0. The van der Waals surface area contributed by atoms with Crippen LogP contribution in [-0.2, 0) is 9.59 Å². The smallest absolute Gasteiger partial charge is 0.242 e. The summed E-state index contributed by atoms with van der Waals surface area (Å²) in [4.78, 5) is 28.5. The first kappa shape index (κ1) is 23.1. The van der Waals surface area contributed by atoms with E-state index in [0.717, 1.165) is 17.0 Å². The lowest BCUT2D eigenvalue weighted by atomic mass is 9.78. The number of nitrogens with one attached hydrogen (secondary N) is 1. The molecule has 1 N–H and O–H groups in total. The van der Waals surface area contributed by atoms with Crippen LogP contribution in [0.2, 0.25) is 0 Å². The molecule has 1 heterocycles. The van der Waals surface area contributed by atoms with Crippen LogP contribution in [0.4, 0.5) is 15.8 Å². The van der Waals surface area contributed by atoms with Crippen LogP contribution in [0.1, 0.15) is 35.9 Å². The van der Waals surface area contributed by atoms with Crippen LogP contribution in [0.25, 0.3) is 0 Å². The van der Waals surface area contributed by atoms with E-state index in [1.807, 2.05) is 48.5 Å². The maximum absolute atomic E-state index is 14.3. The quantitative estimate of drug-likeness (QED) is 0.457. The van der Waals surface area contributed by atoms with E-state index in [-0.39, 0.29) is 29.9 Å². The maximum Gasteiger partial charge on any atom is 0.242 e. The van der Waals surface area contributed by atoms with Gasteiger partial charge in [0.25, 0.3) is 0 Å².